The first kappa shape index (κ1) is 11.6. The van der Waals surface area contributed by atoms with Crippen molar-refractivity contribution in [2.24, 2.45) is 0 Å². The number of hydrogen-bond acceptors (Lipinski definition) is 1. The molecule has 0 amide bonds. The van der Waals surface area contributed by atoms with Crippen LogP contribution >= 0.6 is 27.5 Å². The summed E-state index contributed by atoms with van der Waals surface area (Å²) in [6.45, 7) is 1.66. The Labute approximate surface area is 98.0 Å². The molecule has 3 heteroatoms. The molecule has 0 bridgehead atoms. The minimum atomic E-state index is 0.734. The number of hydrogen-bond donors (Lipinski definition) is 1. The number of nitrogens with one attached hydrogen (secondary N) is 1. The zero-order valence-corrected chi connectivity index (χ0v) is 10.0. The lowest BCUT2D eigenvalue weighted by Gasteiger charge is -2.04. The topological polar surface area (TPSA) is 12.0 Å². The van der Waals surface area contributed by atoms with Crippen LogP contribution < -0.4 is 5.32 Å². The predicted octanol–water partition coefficient (Wildman–Crippen LogP) is 3.22. The van der Waals surface area contributed by atoms with E-state index in [1.165, 1.54) is 5.56 Å². The molecule has 0 aliphatic heterocycles. The second-order valence-corrected chi connectivity index (χ2v) is 4.14. The Kier molecular flexibility index (Phi) is 5.03. The third kappa shape index (κ3) is 3.71. The van der Waals surface area contributed by atoms with E-state index in [0.717, 1.165) is 29.0 Å². The Balaban J connectivity index is 2.44. The van der Waals surface area contributed by atoms with Gasteiger partial charge in [0.05, 0.1) is 5.02 Å². The van der Waals surface area contributed by atoms with Crippen LogP contribution in [-0.2, 0) is 6.54 Å². The van der Waals surface area contributed by atoms with Gasteiger partial charge in [-0.15, -0.1) is 12.3 Å². The van der Waals surface area contributed by atoms with Crippen molar-refractivity contribution in [3.8, 4) is 12.3 Å². The molecule has 0 unspecified atom stereocenters. The third-order valence-corrected chi connectivity index (χ3v) is 2.97. The lowest BCUT2D eigenvalue weighted by molar-refractivity contribution is 0.701. The molecule has 1 aromatic rings. The Bertz CT molecular complexity index is 344. The standard InChI is InChI=1S/C11H11BrClN/c1-2-3-6-14-8-9-4-5-11(13)10(12)7-9/h1,4-5,7,14H,3,6,8H2. The summed E-state index contributed by atoms with van der Waals surface area (Å²) in [7, 11) is 0. The second-order valence-electron chi connectivity index (χ2n) is 2.88. The van der Waals surface area contributed by atoms with Gasteiger partial charge in [-0.2, -0.15) is 0 Å². The highest BCUT2D eigenvalue weighted by Crippen LogP contribution is 2.22. The number of benzene rings is 1. The van der Waals surface area contributed by atoms with Crippen LogP contribution in [0, 0.1) is 12.3 Å². The van der Waals surface area contributed by atoms with E-state index in [1.807, 2.05) is 18.2 Å². The molecule has 1 aromatic carbocycles. The van der Waals surface area contributed by atoms with Gasteiger partial charge >= 0.3 is 0 Å². The van der Waals surface area contributed by atoms with Crippen molar-refractivity contribution in [2.45, 2.75) is 13.0 Å². The quantitative estimate of drug-likeness (QED) is 0.655. The predicted molar refractivity (Wildman–Crippen MR) is 64.3 cm³/mol. The summed E-state index contributed by atoms with van der Waals surface area (Å²) in [5.74, 6) is 2.58. The Morgan fingerprint density at radius 2 is 2.29 bits per heavy atom. The Hall–Kier alpha value is -0.490. The largest absolute Gasteiger partial charge is 0.312 e. The van der Waals surface area contributed by atoms with Gasteiger partial charge in [0.1, 0.15) is 0 Å². The van der Waals surface area contributed by atoms with Crippen molar-refractivity contribution in [1.29, 1.82) is 0 Å². The summed E-state index contributed by atoms with van der Waals surface area (Å²) in [5.41, 5.74) is 1.19. The van der Waals surface area contributed by atoms with Crippen molar-refractivity contribution < 1.29 is 0 Å². The van der Waals surface area contributed by atoms with Crippen LogP contribution in [0.15, 0.2) is 22.7 Å². The first-order valence-electron chi connectivity index (χ1n) is 4.32. The zero-order chi connectivity index (χ0) is 10.4. The second kappa shape index (κ2) is 6.08. The van der Waals surface area contributed by atoms with Gasteiger partial charge in [0.15, 0.2) is 0 Å². The van der Waals surface area contributed by atoms with Gasteiger partial charge in [-0.1, -0.05) is 17.7 Å². The normalized spacial score (nSPS) is 9.79. The third-order valence-electron chi connectivity index (χ3n) is 1.76. The Morgan fingerprint density at radius 3 is 2.93 bits per heavy atom. The van der Waals surface area contributed by atoms with Crippen LogP contribution in [0.4, 0.5) is 0 Å². The van der Waals surface area contributed by atoms with E-state index in [9.17, 15) is 0 Å². The van der Waals surface area contributed by atoms with Crippen LogP contribution in [0.1, 0.15) is 12.0 Å². The van der Waals surface area contributed by atoms with E-state index in [1.54, 1.807) is 0 Å². The lowest BCUT2D eigenvalue weighted by atomic mass is 10.2. The molecule has 0 heterocycles. The first-order chi connectivity index (χ1) is 6.74. The van der Waals surface area contributed by atoms with Gasteiger partial charge < -0.3 is 5.32 Å². The molecule has 1 rings (SSSR count). The highest BCUT2D eigenvalue weighted by molar-refractivity contribution is 9.10. The van der Waals surface area contributed by atoms with Gasteiger partial charge in [0, 0.05) is 24.0 Å². The molecular formula is C11H11BrClN. The van der Waals surface area contributed by atoms with Crippen molar-refractivity contribution in [2.75, 3.05) is 6.54 Å². The Morgan fingerprint density at radius 1 is 1.50 bits per heavy atom. The monoisotopic (exact) mass is 271 g/mol. The van der Waals surface area contributed by atoms with Crippen LogP contribution in [0.2, 0.25) is 5.02 Å². The molecular weight excluding hydrogens is 261 g/mol. The molecule has 0 aliphatic carbocycles. The minimum Gasteiger partial charge on any atom is -0.312 e. The molecule has 0 spiro atoms. The van der Waals surface area contributed by atoms with Crippen molar-refractivity contribution >= 4 is 27.5 Å². The summed E-state index contributed by atoms with van der Waals surface area (Å²) >= 11 is 9.25. The van der Waals surface area contributed by atoms with Gasteiger partial charge in [-0.3, -0.25) is 0 Å². The molecule has 0 aromatic heterocycles. The molecule has 0 fully saturated rings. The van der Waals surface area contributed by atoms with E-state index in [-0.39, 0.29) is 0 Å². The van der Waals surface area contributed by atoms with Crippen LogP contribution in [0.3, 0.4) is 0 Å². The summed E-state index contributed by atoms with van der Waals surface area (Å²) in [6, 6.07) is 5.88. The van der Waals surface area contributed by atoms with Crippen molar-refractivity contribution in [3.05, 3.63) is 33.3 Å². The number of rotatable bonds is 4. The molecule has 0 radical (unpaired) electrons. The minimum absolute atomic E-state index is 0.734. The van der Waals surface area contributed by atoms with Gasteiger partial charge in [0.25, 0.3) is 0 Å². The fourth-order valence-electron chi connectivity index (χ4n) is 1.04. The van der Waals surface area contributed by atoms with Gasteiger partial charge in [-0.05, 0) is 33.6 Å². The van der Waals surface area contributed by atoms with Crippen molar-refractivity contribution in [3.63, 3.8) is 0 Å². The average Bonchev–Trinajstić information content (AvgIpc) is 2.18. The molecule has 1 N–H and O–H groups in total. The van der Waals surface area contributed by atoms with Gasteiger partial charge in [0.2, 0.25) is 0 Å². The van der Waals surface area contributed by atoms with E-state index in [4.69, 9.17) is 18.0 Å². The maximum Gasteiger partial charge on any atom is 0.0548 e. The molecule has 1 nitrogen and oxygen atoms in total. The summed E-state index contributed by atoms with van der Waals surface area (Å²) in [4.78, 5) is 0. The molecule has 0 aliphatic rings. The highest BCUT2D eigenvalue weighted by Gasteiger charge is 1.98. The lowest BCUT2D eigenvalue weighted by Crippen LogP contribution is -2.13. The fourth-order valence-corrected chi connectivity index (χ4v) is 1.59. The van der Waals surface area contributed by atoms with Crippen LogP contribution in [0.25, 0.3) is 0 Å². The van der Waals surface area contributed by atoms with Crippen LogP contribution in [0.5, 0.6) is 0 Å². The SMILES string of the molecule is C#CCCNCc1ccc(Cl)c(Br)c1. The van der Waals surface area contributed by atoms with E-state index < -0.39 is 0 Å². The zero-order valence-electron chi connectivity index (χ0n) is 7.69. The summed E-state index contributed by atoms with van der Waals surface area (Å²) in [5, 5.41) is 3.98. The smallest absolute Gasteiger partial charge is 0.0548 e. The van der Waals surface area contributed by atoms with E-state index in [0.29, 0.717) is 0 Å². The number of halogens is 2. The highest BCUT2D eigenvalue weighted by atomic mass is 79.9. The molecule has 0 saturated heterocycles. The molecule has 14 heavy (non-hydrogen) atoms. The summed E-state index contributed by atoms with van der Waals surface area (Å²) in [6.07, 6.45) is 5.90. The number of terminal acetylenes is 1. The maximum atomic E-state index is 5.87. The van der Waals surface area contributed by atoms with Crippen LogP contribution in [-0.4, -0.2) is 6.54 Å². The first-order valence-corrected chi connectivity index (χ1v) is 5.49. The maximum absolute atomic E-state index is 5.87. The van der Waals surface area contributed by atoms with Crippen molar-refractivity contribution in [1.82, 2.24) is 5.32 Å². The van der Waals surface area contributed by atoms with E-state index >= 15 is 0 Å². The van der Waals surface area contributed by atoms with Gasteiger partial charge in [-0.25, -0.2) is 0 Å². The fraction of sp³-hybridized carbons (Fsp3) is 0.273. The molecule has 74 valence electrons. The van der Waals surface area contributed by atoms with E-state index in [2.05, 4.69) is 27.2 Å². The molecule has 0 atom stereocenters. The molecule has 0 saturated carbocycles. The average molecular weight is 273 g/mol. The summed E-state index contributed by atoms with van der Waals surface area (Å²) < 4.78 is 0.926.